The van der Waals surface area contributed by atoms with E-state index in [2.05, 4.69) is 37.2 Å². The van der Waals surface area contributed by atoms with E-state index in [9.17, 15) is 48.3 Å². The lowest BCUT2D eigenvalue weighted by Crippen LogP contribution is -2.56. The molecule has 314 valence electrons. The molecule has 0 heterocycles. The number of nitrogens with two attached hydrogens (primary N) is 1. The van der Waals surface area contributed by atoms with Crippen LogP contribution in [-0.4, -0.2) is 95.1 Å². The van der Waals surface area contributed by atoms with Crippen molar-refractivity contribution in [1.82, 2.24) is 37.2 Å². The van der Waals surface area contributed by atoms with E-state index in [4.69, 9.17) is 5.73 Å². The van der Waals surface area contributed by atoms with E-state index in [0.717, 1.165) is 12.2 Å². The Labute approximate surface area is 336 Å². The lowest BCUT2D eigenvalue weighted by Gasteiger charge is -2.27. The maximum absolute atomic E-state index is 13.7. The van der Waals surface area contributed by atoms with Crippen molar-refractivity contribution in [3.05, 3.63) is 83.9 Å². The molecule has 0 fully saturated rings. The first kappa shape index (κ1) is 47.6. The van der Waals surface area contributed by atoms with Gasteiger partial charge in [-0.2, -0.15) is 0 Å². The van der Waals surface area contributed by atoms with Crippen LogP contribution in [0.15, 0.2) is 72.8 Å². The highest BCUT2D eigenvalue weighted by Crippen LogP contribution is 2.15. The second kappa shape index (κ2) is 23.5. The Balaban J connectivity index is 1.97. The Morgan fingerprint density at radius 1 is 0.621 bits per heavy atom. The van der Waals surface area contributed by atoms with Gasteiger partial charge in [0.2, 0.25) is 47.3 Å². The molecule has 0 radical (unpaired) electrons. The zero-order chi connectivity index (χ0) is 43.5. The number of carboxylic acids is 1. The van der Waals surface area contributed by atoms with E-state index in [1.807, 2.05) is 13.8 Å². The van der Waals surface area contributed by atoms with Crippen molar-refractivity contribution in [2.75, 3.05) is 6.54 Å². The van der Waals surface area contributed by atoms with Crippen LogP contribution in [0.4, 0.5) is 0 Å². The van der Waals surface area contributed by atoms with Crippen LogP contribution in [0.3, 0.4) is 0 Å². The second-order valence-electron chi connectivity index (χ2n) is 14.3. The van der Waals surface area contributed by atoms with Gasteiger partial charge >= 0.3 is 5.97 Å². The van der Waals surface area contributed by atoms with Crippen LogP contribution in [0.5, 0.6) is 0 Å². The molecule has 2 aromatic rings. The molecule has 0 aliphatic carbocycles. The topological polar surface area (TPSA) is 284 Å². The SMILES string of the molecule is CC(C)C[C@H](NC(=O)[C@@H](NC(=O)[C@H](C)NC(=O)/C=C/C(=O)N[C@@H](C)C(=O)NCC(=O)N[C@@H](Cc1ccccc1)C(=O)O)c1ccccc1)C(=O)N[C@H](C(N)=O)C(C)C. The van der Waals surface area contributed by atoms with Gasteiger partial charge in [0.1, 0.15) is 36.3 Å². The molecule has 0 unspecified atom stereocenters. The molecule has 0 bridgehead atoms. The second-order valence-corrected chi connectivity index (χ2v) is 14.3. The number of carboxylic acid groups (broad SMARTS) is 1. The van der Waals surface area contributed by atoms with Crippen molar-refractivity contribution < 1.29 is 48.3 Å². The fourth-order valence-electron chi connectivity index (χ4n) is 5.41. The average Bonchev–Trinajstić information content (AvgIpc) is 3.16. The van der Waals surface area contributed by atoms with Gasteiger partial charge in [-0.3, -0.25) is 38.4 Å². The number of carbonyl (C=O) groups is 9. The molecule has 2 rings (SSSR count). The normalized spacial score (nSPS) is 14.1. The van der Waals surface area contributed by atoms with Gasteiger partial charge in [-0.05, 0) is 43.2 Å². The van der Waals surface area contributed by atoms with Crippen molar-refractivity contribution in [1.29, 1.82) is 0 Å². The standard InChI is InChI=1S/C40H54N8O10/c1-22(2)19-28(38(55)47-33(23(3)4)35(41)52)46-39(56)34(27-15-11-8-12-16-27)48-37(54)25(6)44-31(50)18-17-30(49)43-24(5)36(53)42-21-32(51)45-29(40(57)58)20-26-13-9-7-10-14-26/h7-18,22-25,28-29,33-34H,19-21H2,1-6H3,(H2,41,52)(H,42,53)(H,43,49)(H,44,50)(H,45,51)(H,46,56)(H,47,55)(H,48,54)(H,57,58)/b18-17+/t24-,25-,28-,29-,33-,34-/m0/s1. The quantitative estimate of drug-likeness (QED) is 0.0688. The molecule has 18 nitrogen and oxygen atoms in total. The summed E-state index contributed by atoms with van der Waals surface area (Å²) in [5.41, 5.74) is 6.52. The Morgan fingerprint density at radius 2 is 1.16 bits per heavy atom. The fraction of sp³-hybridized carbons (Fsp3) is 0.425. The smallest absolute Gasteiger partial charge is 0.326 e. The fourth-order valence-corrected chi connectivity index (χ4v) is 5.41. The summed E-state index contributed by atoms with van der Waals surface area (Å²) in [4.78, 5) is 114. The molecule has 6 atom stereocenters. The van der Waals surface area contributed by atoms with Gasteiger partial charge in [0, 0.05) is 18.6 Å². The molecular formula is C40H54N8O10. The highest BCUT2D eigenvalue weighted by atomic mass is 16.4. The third-order valence-corrected chi connectivity index (χ3v) is 8.52. The minimum absolute atomic E-state index is 0.0259. The van der Waals surface area contributed by atoms with Crippen LogP contribution < -0.4 is 43.0 Å². The molecule has 0 aliphatic heterocycles. The van der Waals surface area contributed by atoms with E-state index in [0.29, 0.717) is 11.1 Å². The minimum Gasteiger partial charge on any atom is -0.480 e. The van der Waals surface area contributed by atoms with Crippen molar-refractivity contribution in [2.45, 2.75) is 90.6 Å². The number of rotatable bonds is 22. The van der Waals surface area contributed by atoms with Crippen LogP contribution in [-0.2, 0) is 49.6 Å². The predicted octanol–water partition coefficient (Wildman–Crippen LogP) is -0.505. The number of aliphatic carboxylic acids is 1. The predicted molar refractivity (Wildman–Crippen MR) is 212 cm³/mol. The molecule has 8 amide bonds. The third kappa shape index (κ3) is 16.6. The Hall–Kier alpha value is -6.59. The lowest BCUT2D eigenvalue weighted by atomic mass is 9.99. The number of hydrogen-bond donors (Lipinski definition) is 9. The van der Waals surface area contributed by atoms with Gasteiger partial charge in [0.25, 0.3) is 0 Å². The number of primary amides is 1. The molecule has 2 aromatic carbocycles. The number of carbonyl (C=O) groups excluding carboxylic acids is 8. The number of benzene rings is 2. The molecule has 0 saturated carbocycles. The van der Waals surface area contributed by atoms with Gasteiger partial charge in [-0.25, -0.2) is 4.79 Å². The summed E-state index contributed by atoms with van der Waals surface area (Å²) in [6.07, 6.45) is 1.87. The van der Waals surface area contributed by atoms with Crippen LogP contribution >= 0.6 is 0 Å². The molecule has 0 aromatic heterocycles. The Bertz CT molecular complexity index is 1800. The summed E-state index contributed by atoms with van der Waals surface area (Å²) in [6, 6.07) is 9.84. The summed E-state index contributed by atoms with van der Waals surface area (Å²) in [5, 5.41) is 26.7. The number of hydrogen-bond acceptors (Lipinski definition) is 9. The molecule has 18 heteroatoms. The molecular weight excluding hydrogens is 752 g/mol. The average molecular weight is 807 g/mol. The summed E-state index contributed by atoms with van der Waals surface area (Å²) in [5.74, 6) is -7.75. The van der Waals surface area contributed by atoms with Gasteiger partial charge in [0.05, 0.1) is 6.54 Å². The zero-order valence-corrected chi connectivity index (χ0v) is 33.4. The summed E-state index contributed by atoms with van der Waals surface area (Å²) in [6.45, 7) is 9.20. The van der Waals surface area contributed by atoms with Crippen molar-refractivity contribution in [2.24, 2.45) is 17.6 Å². The molecule has 0 saturated heterocycles. The summed E-state index contributed by atoms with van der Waals surface area (Å²) in [7, 11) is 0. The van der Waals surface area contributed by atoms with E-state index in [-0.39, 0.29) is 24.7 Å². The largest absolute Gasteiger partial charge is 0.480 e. The zero-order valence-electron chi connectivity index (χ0n) is 33.4. The highest BCUT2D eigenvalue weighted by molar-refractivity contribution is 6.01. The maximum Gasteiger partial charge on any atom is 0.326 e. The lowest BCUT2D eigenvalue weighted by molar-refractivity contribution is -0.141. The third-order valence-electron chi connectivity index (χ3n) is 8.52. The van der Waals surface area contributed by atoms with Gasteiger partial charge in [-0.1, -0.05) is 88.4 Å². The molecule has 0 aliphatic rings. The summed E-state index contributed by atoms with van der Waals surface area (Å²) >= 11 is 0. The van der Waals surface area contributed by atoms with E-state index in [1.54, 1.807) is 74.5 Å². The van der Waals surface area contributed by atoms with Crippen LogP contribution in [0.2, 0.25) is 0 Å². The van der Waals surface area contributed by atoms with Crippen molar-refractivity contribution in [3.8, 4) is 0 Å². The van der Waals surface area contributed by atoms with Gasteiger partial charge in [-0.15, -0.1) is 0 Å². The first-order valence-corrected chi connectivity index (χ1v) is 18.7. The highest BCUT2D eigenvalue weighted by Gasteiger charge is 2.32. The van der Waals surface area contributed by atoms with Gasteiger partial charge < -0.3 is 48.1 Å². The number of amides is 8. The van der Waals surface area contributed by atoms with Gasteiger partial charge in [0.15, 0.2) is 0 Å². The first-order valence-electron chi connectivity index (χ1n) is 18.7. The summed E-state index contributed by atoms with van der Waals surface area (Å²) < 4.78 is 0. The Morgan fingerprint density at radius 3 is 1.66 bits per heavy atom. The van der Waals surface area contributed by atoms with Crippen LogP contribution in [0.1, 0.15) is 65.1 Å². The molecule has 0 spiro atoms. The monoisotopic (exact) mass is 806 g/mol. The van der Waals surface area contributed by atoms with Crippen LogP contribution in [0, 0.1) is 11.8 Å². The Kier molecular flexibility index (Phi) is 19.2. The van der Waals surface area contributed by atoms with Crippen molar-refractivity contribution >= 4 is 53.2 Å². The first-order chi connectivity index (χ1) is 27.3. The van der Waals surface area contributed by atoms with E-state index < -0.39 is 96.0 Å². The van der Waals surface area contributed by atoms with E-state index in [1.165, 1.54) is 13.8 Å². The van der Waals surface area contributed by atoms with E-state index >= 15 is 0 Å². The number of nitrogens with one attached hydrogen (secondary N) is 7. The van der Waals surface area contributed by atoms with Crippen LogP contribution in [0.25, 0.3) is 0 Å². The maximum atomic E-state index is 13.7. The molecule has 58 heavy (non-hydrogen) atoms. The van der Waals surface area contributed by atoms with Crippen molar-refractivity contribution in [3.63, 3.8) is 0 Å². The minimum atomic E-state index is -1.31. The molecule has 10 N–H and O–H groups in total.